The second kappa shape index (κ2) is 7.71. The summed E-state index contributed by atoms with van der Waals surface area (Å²) in [4.78, 5) is 16.9. The minimum absolute atomic E-state index is 0.264. The Bertz CT molecular complexity index is 956. The van der Waals surface area contributed by atoms with Gasteiger partial charge >= 0.3 is 5.76 Å². The van der Waals surface area contributed by atoms with Crippen LogP contribution in [0.15, 0.2) is 57.7 Å². The quantitative estimate of drug-likeness (QED) is 0.671. The van der Waals surface area contributed by atoms with Gasteiger partial charge in [0, 0.05) is 25.7 Å². The van der Waals surface area contributed by atoms with Gasteiger partial charge < -0.3 is 9.32 Å². The number of rotatable bonds is 6. The number of aromatic nitrogens is 1. The van der Waals surface area contributed by atoms with Gasteiger partial charge in [0.2, 0.25) is 0 Å². The molecule has 1 aromatic heterocycles. The molecule has 1 unspecified atom stereocenters. The molecule has 5 heteroatoms. The third-order valence-corrected chi connectivity index (χ3v) is 5.41. The van der Waals surface area contributed by atoms with Crippen molar-refractivity contribution in [3.63, 3.8) is 0 Å². The highest BCUT2D eigenvalue weighted by Gasteiger charge is 2.26. The first kappa shape index (κ1) is 18.0. The highest BCUT2D eigenvalue weighted by Crippen LogP contribution is 2.32. The zero-order valence-electron chi connectivity index (χ0n) is 16.1. The molecular weight excluding hydrogens is 338 g/mol. The Morgan fingerprint density at radius 2 is 1.85 bits per heavy atom. The van der Waals surface area contributed by atoms with Gasteiger partial charge in [-0.1, -0.05) is 36.4 Å². The molecule has 0 amide bonds. The Morgan fingerprint density at radius 1 is 1.07 bits per heavy atom. The predicted molar refractivity (Wildman–Crippen MR) is 108 cm³/mol. The van der Waals surface area contributed by atoms with Crippen LogP contribution in [0.4, 0.5) is 0 Å². The van der Waals surface area contributed by atoms with E-state index in [1.165, 1.54) is 24.0 Å². The highest BCUT2D eigenvalue weighted by atomic mass is 16.4. The Balaban J connectivity index is 1.47. The molecule has 0 aliphatic carbocycles. The topological polar surface area (TPSA) is 41.6 Å². The summed E-state index contributed by atoms with van der Waals surface area (Å²) >= 11 is 0. The summed E-state index contributed by atoms with van der Waals surface area (Å²) in [6.07, 6.45) is 2.37. The summed E-state index contributed by atoms with van der Waals surface area (Å²) in [5.74, 6) is -0.264. The van der Waals surface area contributed by atoms with Crippen LogP contribution in [-0.4, -0.2) is 41.6 Å². The first-order valence-electron chi connectivity index (χ1n) is 9.68. The molecule has 4 rings (SSSR count). The summed E-state index contributed by atoms with van der Waals surface area (Å²) in [6.45, 7) is 3.55. The van der Waals surface area contributed by atoms with Crippen molar-refractivity contribution in [2.75, 3.05) is 27.2 Å². The number of likely N-dealkylation sites (tertiary alicyclic amines) is 1. The maximum Gasteiger partial charge on any atom is 0.419 e. The molecule has 142 valence electrons. The number of hydrogen-bond acceptors (Lipinski definition) is 4. The van der Waals surface area contributed by atoms with Crippen LogP contribution in [0, 0.1) is 0 Å². The van der Waals surface area contributed by atoms with E-state index in [1.807, 2.05) is 24.3 Å². The van der Waals surface area contributed by atoms with Crippen molar-refractivity contribution in [3.8, 4) is 0 Å². The van der Waals surface area contributed by atoms with E-state index in [0.29, 0.717) is 18.2 Å². The maximum absolute atomic E-state index is 12.2. The maximum atomic E-state index is 12.2. The molecule has 5 nitrogen and oxygen atoms in total. The Kier molecular flexibility index (Phi) is 5.14. The van der Waals surface area contributed by atoms with Crippen LogP contribution >= 0.6 is 0 Å². The monoisotopic (exact) mass is 365 g/mol. The molecule has 0 N–H and O–H groups in total. The molecule has 1 fully saturated rings. The van der Waals surface area contributed by atoms with Gasteiger partial charge in [-0.05, 0) is 56.7 Å². The Labute approximate surface area is 159 Å². The van der Waals surface area contributed by atoms with Gasteiger partial charge in [0.25, 0.3) is 0 Å². The largest absolute Gasteiger partial charge is 0.419 e. The van der Waals surface area contributed by atoms with Crippen molar-refractivity contribution < 1.29 is 4.42 Å². The average molecular weight is 365 g/mol. The van der Waals surface area contributed by atoms with E-state index in [1.54, 1.807) is 4.57 Å². The van der Waals surface area contributed by atoms with E-state index in [4.69, 9.17) is 4.42 Å². The van der Waals surface area contributed by atoms with Gasteiger partial charge in [0.05, 0.1) is 5.52 Å². The first-order chi connectivity index (χ1) is 13.1. The van der Waals surface area contributed by atoms with E-state index in [2.05, 4.69) is 48.2 Å². The van der Waals surface area contributed by atoms with E-state index >= 15 is 0 Å². The average Bonchev–Trinajstić information content (AvgIpc) is 3.24. The number of hydrogen-bond donors (Lipinski definition) is 0. The summed E-state index contributed by atoms with van der Waals surface area (Å²) in [5.41, 5.74) is 4.26. The number of para-hydroxylation sites is 2. The third kappa shape index (κ3) is 3.84. The molecule has 3 aromatic rings. The van der Waals surface area contributed by atoms with Gasteiger partial charge in [-0.25, -0.2) is 4.79 Å². The molecule has 1 saturated heterocycles. The molecule has 1 atom stereocenters. The van der Waals surface area contributed by atoms with E-state index < -0.39 is 0 Å². The van der Waals surface area contributed by atoms with Gasteiger partial charge in [0.1, 0.15) is 0 Å². The first-order valence-corrected chi connectivity index (χ1v) is 9.68. The van der Waals surface area contributed by atoms with Crippen LogP contribution in [-0.2, 0) is 13.1 Å². The number of nitrogens with zero attached hydrogens (tertiary/aromatic N) is 3. The number of benzene rings is 2. The van der Waals surface area contributed by atoms with Crippen molar-refractivity contribution in [2.45, 2.75) is 32.0 Å². The molecule has 1 aliphatic rings. The van der Waals surface area contributed by atoms with Crippen LogP contribution in [0.1, 0.15) is 30.0 Å². The lowest BCUT2D eigenvalue weighted by Crippen LogP contribution is -2.29. The fourth-order valence-electron chi connectivity index (χ4n) is 4.14. The smallest absolute Gasteiger partial charge is 0.408 e. The molecule has 1 aliphatic heterocycles. The molecule has 0 spiro atoms. The SMILES string of the molecule is CN(C)Cc1ccc(C2CCCN2CCn2c(=O)oc3ccccc32)cc1. The van der Waals surface area contributed by atoms with Crippen LogP contribution in [0.3, 0.4) is 0 Å². The predicted octanol–water partition coefficient (Wildman–Crippen LogP) is 3.49. The lowest BCUT2D eigenvalue weighted by atomic mass is 10.0. The number of oxazole rings is 1. The molecule has 2 aromatic carbocycles. The lowest BCUT2D eigenvalue weighted by Gasteiger charge is -2.25. The van der Waals surface area contributed by atoms with E-state index in [-0.39, 0.29) is 5.76 Å². The Morgan fingerprint density at radius 3 is 2.63 bits per heavy atom. The normalized spacial score (nSPS) is 18.0. The van der Waals surface area contributed by atoms with Crippen molar-refractivity contribution in [3.05, 3.63) is 70.2 Å². The number of fused-ring (bicyclic) bond motifs is 1. The van der Waals surface area contributed by atoms with Crippen LogP contribution in [0.25, 0.3) is 11.1 Å². The second-order valence-electron chi connectivity index (χ2n) is 7.66. The standard InChI is InChI=1S/C22H27N3O2/c1-23(2)16-17-9-11-18(12-10-17)19-7-5-13-24(19)14-15-25-20-6-3-4-8-21(20)27-22(25)26/h3-4,6,8-12,19H,5,7,13-16H2,1-2H3. The van der Waals surface area contributed by atoms with Crippen molar-refractivity contribution >= 4 is 11.1 Å². The second-order valence-corrected chi connectivity index (χ2v) is 7.66. The fourth-order valence-corrected chi connectivity index (χ4v) is 4.14. The molecule has 0 saturated carbocycles. The third-order valence-electron chi connectivity index (χ3n) is 5.41. The molecule has 0 bridgehead atoms. The molecule has 0 radical (unpaired) electrons. The lowest BCUT2D eigenvalue weighted by molar-refractivity contribution is 0.245. The summed E-state index contributed by atoms with van der Waals surface area (Å²) in [7, 11) is 4.18. The minimum Gasteiger partial charge on any atom is -0.408 e. The van der Waals surface area contributed by atoms with Crippen LogP contribution < -0.4 is 5.76 Å². The van der Waals surface area contributed by atoms with E-state index in [0.717, 1.165) is 25.2 Å². The van der Waals surface area contributed by atoms with Crippen molar-refractivity contribution in [1.29, 1.82) is 0 Å². The molecular formula is C22H27N3O2. The van der Waals surface area contributed by atoms with Gasteiger partial charge in [0.15, 0.2) is 5.58 Å². The fraction of sp³-hybridized carbons (Fsp3) is 0.409. The van der Waals surface area contributed by atoms with Crippen molar-refractivity contribution in [2.24, 2.45) is 0 Å². The van der Waals surface area contributed by atoms with Crippen molar-refractivity contribution in [1.82, 2.24) is 14.4 Å². The van der Waals surface area contributed by atoms with E-state index in [9.17, 15) is 4.79 Å². The Hall–Kier alpha value is -2.37. The van der Waals surface area contributed by atoms with Crippen LogP contribution in [0.5, 0.6) is 0 Å². The zero-order chi connectivity index (χ0) is 18.8. The van der Waals surface area contributed by atoms with Gasteiger partial charge in [-0.2, -0.15) is 0 Å². The summed E-state index contributed by atoms with van der Waals surface area (Å²) < 4.78 is 7.11. The summed E-state index contributed by atoms with van der Waals surface area (Å²) in [5, 5.41) is 0. The van der Waals surface area contributed by atoms with Crippen LogP contribution in [0.2, 0.25) is 0 Å². The summed E-state index contributed by atoms with van der Waals surface area (Å²) in [6, 6.07) is 17.1. The highest BCUT2D eigenvalue weighted by molar-refractivity contribution is 5.72. The van der Waals surface area contributed by atoms with Gasteiger partial charge in [-0.3, -0.25) is 9.47 Å². The van der Waals surface area contributed by atoms with Gasteiger partial charge in [-0.15, -0.1) is 0 Å². The molecule has 27 heavy (non-hydrogen) atoms. The minimum atomic E-state index is -0.264. The zero-order valence-corrected chi connectivity index (χ0v) is 16.1. The molecule has 2 heterocycles.